The van der Waals surface area contributed by atoms with E-state index < -0.39 is 11.4 Å². The van der Waals surface area contributed by atoms with E-state index in [1.165, 1.54) is 0 Å². The normalized spacial score (nSPS) is 15.7. The van der Waals surface area contributed by atoms with Crippen molar-refractivity contribution in [3.05, 3.63) is 24.3 Å². The predicted octanol–water partition coefficient (Wildman–Crippen LogP) is 2.30. The molecule has 1 aliphatic rings. The third-order valence-corrected chi connectivity index (χ3v) is 3.96. The number of nitrogens with one attached hydrogen (secondary N) is 1. The Morgan fingerprint density at radius 2 is 1.91 bits per heavy atom. The number of aliphatic carboxylic acids is 1. The first-order valence-electron chi connectivity index (χ1n) is 7.31. The lowest BCUT2D eigenvalue weighted by atomic mass is 9.66. The van der Waals surface area contributed by atoms with E-state index in [9.17, 15) is 14.7 Å². The van der Waals surface area contributed by atoms with Gasteiger partial charge in [0.1, 0.15) is 12.4 Å². The summed E-state index contributed by atoms with van der Waals surface area (Å²) in [6, 6.07) is 6.96. The number of methoxy groups -OCH3 is 1. The van der Waals surface area contributed by atoms with Crippen LogP contribution in [0.5, 0.6) is 5.75 Å². The molecule has 0 saturated heterocycles. The molecule has 2 N–H and O–H groups in total. The molecule has 0 atom stereocenters. The maximum Gasteiger partial charge on any atom is 0.310 e. The maximum absolute atomic E-state index is 12.0. The first-order valence-corrected chi connectivity index (χ1v) is 7.31. The highest BCUT2D eigenvalue weighted by Crippen LogP contribution is 2.44. The van der Waals surface area contributed by atoms with Gasteiger partial charge in [-0.05, 0) is 37.1 Å². The number of benzene rings is 1. The Morgan fingerprint density at radius 3 is 2.41 bits per heavy atom. The largest absolute Gasteiger partial charge is 0.491 e. The van der Waals surface area contributed by atoms with E-state index in [4.69, 9.17) is 9.47 Å². The van der Waals surface area contributed by atoms with E-state index in [-0.39, 0.29) is 12.3 Å². The fourth-order valence-corrected chi connectivity index (χ4v) is 2.46. The van der Waals surface area contributed by atoms with Gasteiger partial charge in [0.25, 0.3) is 0 Å². The monoisotopic (exact) mass is 307 g/mol. The molecule has 6 heteroatoms. The molecule has 0 heterocycles. The Hall–Kier alpha value is -2.08. The van der Waals surface area contributed by atoms with E-state index in [0.717, 1.165) is 6.42 Å². The minimum absolute atomic E-state index is 0.0222. The van der Waals surface area contributed by atoms with Crippen molar-refractivity contribution in [2.75, 3.05) is 25.6 Å². The number of carbonyl (C=O) groups is 2. The molecular weight excluding hydrogens is 286 g/mol. The molecule has 6 nitrogen and oxygen atoms in total. The highest BCUT2D eigenvalue weighted by atomic mass is 16.5. The maximum atomic E-state index is 12.0. The van der Waals surface area contributed by atoms with Crippen LogP contribution in [0.4, 0.5) is 5.69 Å². The summed E-state index contributed by atoms with van der Waals surface area (Å²) in [5, 5.41) is 12.0. The van der Waals surface area contributed by atoms with Crippen LogP contribution < -0.4 is 10.1 Å². The van der Waals surface area contributed by atoms with Gasteiger partial charge in [0.15, 0.2) is 0 Å². The van der Waals surface area contributed by atoms with Gasteiger partial charge in [-0.1, -0.05) is 6.42 Å². The van der Waals surface area contributed by atoms with Gasteiger partial charge in [-0.3, -0.25) is 9.59 Å². The van der Waals surface area contributed by atoms with Gasteiger partial charge in [-0.2, -0.15) is 0 Å². The molecule has 1 aromatic carbocycles. The Labute approximate surface area is 129 Å². The molecule has 1 aromatic rings. The number of hydrogen-bond acceptors (Lipinski definition) is 4. The average Bonchev–Trinajstić information content (AvgIpc) is 2.44. The number of ether oxygens (including phenoxy) is 2. The lowest BCUT2D eigenvalue weighted by molar-refractivity contribution is -0.157. The summed E-state index contributed by atoms with van der Waals surface area (Å²) in [7, 11) is 1.61. The van der Waals surface area contributed by atoms with E-state index in [0.29, 0.717) is 37.5 Å². The molecule has 22 heavy (non-hydrogen) atoms. The highest BCUT2D eigenvalue weighted by molar-refractivity contribution is 5.94. The minimum atomic E-state index is -0.879. The third-order valence-electron chi connectivity index (χ3n) is 3.96. The Balaban J connectivity index is 1.85. The number of carbonyl (C=O) groups excluding carboxylic acids is 1. The molecule has 0 spiro atoms. The summed E-state index contributed by atoms with van der Waals surface area (Å²) in [6.07, 6.45) is 2.03. The van der Waals surface area contributed by atoms with Crippen LogP contribution in [-0.4, -0.2) is 37.3 Å². The van der Waals surface area contributed by atoms with Gasteiger partial charge in [0.2, 0.25) is 5.91 Å². The SMILES string of the molecule is COCCOc1ccc(NC(=O)CC2(C(=O)O)CCC2)cc1. The Morgan fingerprint density at radius 1 is 1.23 bits per heavy atom. The van der Waals surface area contributed by atoms with Crippen LogP contribution in [0.25, 0.3) is 0 Å². The van der Waals surface area contributed by atoms with E-state index >= 15 is 0 Å². The van der Waals surface area contributed by atoms with Gasteiger partial charge in [-0.15, -0.1) is 0 Å². The molecule has 0 aromatic heterocycles. The van der Waals surface area contributed by atoms with Gasteiger partial charge >= 0.3 is 5.97 Å². The van der Waals surface area contributed by atoms with Crippen molar-refractivity contribution in [2.24, 2.45) is 5.41 Å². The standard InChI is InChI=1S/C16H21NO5/c1-21-9-10-22-13-5-3-12(4-6-13)17-14(18)11-16(15(19)20)7-2-8-16/h3-6H,2,7-11H2,1H3,(H,17,18)(H,19,20). The topological polar surface area (TPSA) is 84.9 Å². The van der Waals surface area contributed by atoms with Crippen LogP contribution in [0.1, 0.15) is 25.7 Å². The molecule has 2 rings (SSSR count). The zero-order valence-electron chi connectivity index (χ0n) is 12.6. The van der Waals surface area contributed by atoms with Gasteiger partial charge < -0.3 is 19.9 Å². The first-order chi connectivity index (χ1) is 10.6. The molecule has 0 aliphatic heterocycles. The van der Waals surface area contributed by atoms with Crippen LogP contribution in [0.2, 0.25) is 0 Å². The third kappa shape index (κ3) is 3.98. The molecule has 0 radical (unpaired) electrons. The van der Waals surface area contributed by atoms with E-state index in [2.05, 4.69) is 5.32 Å². The van der Waals surface area contributed by atoms with Crippen molar-refractivity contribution >= 4 is 17.6 Å². The lowest BCUT2D eigenvalue weighted by Gasteiger charge is -2.36. The second-order valence-corrected chi connectivity index (χ2v) is 5.53. The predicted molar refractivity (Wildman–Crippen MR) is 81.0 cm³/mol. The molecular formula is C16H21NO5. The summed E-state index contributed by atoms with van der Waals surface area (Å²) in [6.45, 7) is 0.971. The smallest absolute Gasteiger partial charge is 0.310 e. The molecule has 1 saturated carbocycles. The summed E-state index contributed by atoms with van der Waals surface area (Å²) in [5.41, 5.74) is -0.239. The second-order valence-electron chi connectivity index (χ2n) is 5.53. The van der Waals surface area contributed by atoms with Crippen LogP contribution in [0.15, 0.2) is 24.3 Å². The summed E-state index contributed by atoms with van der Waals surface area (Å²) in [4.78, 5) is 23.3. The van der Waals surface area contributed by atoms with Crippen molar-refractivity contribution in [1.29, 1.82) is 0 Å². The van der Waals surface area contributed by atoms with Crippen molar-refractivity contribution in [1.82, 2.24) is 0 Å². The van der Waals surface area contributed by atoms with Gasteiger partial charge in [0.05, 0.1) is 12.0 Å². The van der Waals surface area contributed by atoms with Crippen LogP contribution in [-0.2, 0) is 14.3 Å². The van der Waals surface area contributed by atoms with Crippen LogP contribution in [0.3, 0.4) is 0 Å². The minimum Gasteiger partial charge on any atom is -0.491 e. The second kappa shape index (κ2) is 7.26. The molecule has 1 amide bonds. The summed E-state index contributed by atoms with van der Waals surface area (Å²) in [5.74, 6) is -0.456. The Bertz CT molecular complexity index is 522. The zero-order valence-corrected chi connectivity index (χ0v) is 12.6. The molecule has 1 fully saturated rings. The zero-order chi connectivity index (χ0) is 16.0. The van der Waals surface area contributed by atoms with Gasteiger partial charge in [0, 0.05) is 19.2 Å². The number of amides is 1. The van der Waals surface area contributed by atoms with Crippen molar-refractivity contribution in [3.8, 4) is 5.75 Å². The fourth-order valence-electron chi connectivity index (χ4n) is 2.46. The fraction of sp³-hybridized carbons (Fsp3) is 0.500. The van der Waals surface area contributed by atoms with Crippen molar-refractivity contribution in [2.45, 2.75) is 25.7 Å². The average molecular weight is 307 g/mol. The van der Waals surface area contributed by atoms with E-state index in [1.807, 2.05) is 0 Å². The van der Waals surface area contributed by atoms with Crippen LogP contribution in [0, 0.1) is 5.41 Å². The first kappa shape index (κ1) is 16.3. The van der Waals surface area contributed by atoms with Crippen molar-refractivity contribution in [3.63, 3.8) is 0 Å². The quantitative estimate of drug-likeness (QED) is 0.720. The number of carboxylic acids is 1. The molecule has 120 valence electrons. The van der Waals surface area contributed by atoms with Crippen molar-refractivity contribution < 1.29 is 24.2 Å². The highest BCUT2D eigenvalue weighted by Gasteiger charge is 2.45. The lowest BCUT2D eigenvalue weighted by Crippen LogP contribution is -2.41. The summed E-state index contributed by atoms with van der Waals surface area (Å²) < 4.78 is 10.3. The number of rotatable bonds is 8. The number of hydrogen-bond donors (Lipinski definition) is 2. The molecule has 0 unspecified atom stereocenters. The summed E-state index contributed by atoms with van der Waals surface area (Å²) >= 11 is 0. The Kier molecular flexibility index (Phi) is 5.38. The number of anilines is 1. The van der Waals surface area contributed by atoms with Gasteiger partial charge in [-0.25, -0.2) is 0 Å². The number of carboxylic acid groups (broad SMARTS) is 1. The molecule has 1 aliphatic carbocycles. The van der Waals surface area contributed by atoms with Crippen LogP contribution >= 0.6 is 0 Å². The molecule has 0 bridgehead atoms. The van der Waals surface area contributed by atoms with E-state index in [1.54, 1.807) is 31.4 Å².